The number of anilines is 2. The maximum absolute atomic E-state index is 12.4. The van der Waals surface area contributed by atoms with Gasteiger partial charge in [0.05, 0.1) is 5.75 Å². The van der Waals surface area contributed by atoms with E-state index in [1.54, 1.807) is 36.7 Å². The molecular formula is C26H28N4O2S. The van der Waals surface area contributed by atoms with E-state index in [0.717, 1.165) is 43.2 Å². The van der Waals surface area contributed by atoms with Gasteiger partial charge < -0.3 is 10.2 Å². The smallest absolute Gasteiger partial charge is 0.234 e. The van der Waals surface area contributed by atoms with Gasteiger partial charge in [0.2, 0.25) is 5.91 Å². The van der Waals surface area contributed by atoms with Crippen molar-refractivity contribution in [2.45, 2.75) is 31.2 Å². The number of Topliss-reactive ketones (excluding diaryl/α,β-unsaturated/α-hetero) is 1. The molecule has 0 aliphatic carbocycles. The number of amides is 1. The molecule has 2 aromatic carbocycles. The Labute approximate surface area is 198 Å². The van der Waals surface area contributed by atoms with Gasteiger partial charge in [-0.3, -0.25) is 9.59 Å². The number of ketones is 1. The minimum absolute atomic E-state index is 0.00251. The van der Waals surface area contributed by atoms with Crippen molar-refractivity contribution >= 4 is 35.0 Å². The van der Waals surface area contributed by atoms with Crippen LogP contribution in [0.3, 0.4) is 0 Å². The van der Waals surface area contributed by atoms with Crippen LogP contribution in [0.15, 0.2) is 72.0 Å². The van der Waals surface area contributed by atoms with Crippen molar-refractivity contribution in [2.75, 3.05) is 29.1 Å². The standard InChI is InChI=1S/C26H28N4O2S/c1-19(31)22-7-9-23(10-8-22)29-24(32)18-33-26-25(27-13-14-28-26)30-15-11-21(12-16-30)17-20-5-3-2-4-6-20/h2-10,13-14,21H,11-12,15-18H2,1H3,(H,29,32). The molecule has 4 rings (SSSR count). The molecular weight excluding hydrogens is 432 g/mol. The Kier molecular flexibility index (Phi) is 7.73. The predicted octanol–water partition coefficient (Wildman–Crippen LogP) is 4.87. The first-order valence-electron chi connectivity index (χ1n) is 11.2. The Balaban J connectivity index is 1.30. The quantitative estimate of drug-likeness (QED) is 0.382. The second-order valence-electron chi connectivity index (χ2n) is 8.28. The summed E-state index contributed by atoms with van der Waals surface area (Å²) < 4.78 is 0. The second-order valence-corrected chi connectivity index (χ2v) is 9.24. The third-order valence-corrected chi connectivity index (χ3v) is 6.81. The van der Waals surface area contributed by atoms with E-state index in [1.165, 1.54) is 24.2 Å². The molecule has 1 aromatic heterocycles. The van der Waals surface area contributed by atoms with Crippen LogP contribution in [0.5, 0.6) is 0 Å². The summed E-state index contributed by atoms with van der Waals surface area (Å²) in [6, 6.07) is 17.6. The van der Waals surface area contributed by atoms with Crippen molar-refractivity contribution in [2.24, 2.45) is 5.92 Å². The van der Waals surface area contributed by atoms with Gasteiger partial charge in [-0.2, -0.15) is 0 Å². The number of carbonyl (C=O) groups is 2. The number of hydrogen-bond donors (Lipinski definition) is 1. The van der Waals surface area contributed by atoms with Crippen LogP contribution in [0.25, 0.3) is 0 Å². The van der Waals surface area contributed by atoms with Gasteiger partial charge in [0.15, 0.2) is 11.6 Å². The fraction of sp³-hybridized carbons (Fsp3) is 0.308. The third-order valence-electron chi connectivity index (χ3n) is 5.84. The molecule has 6 nitrogen and oxygen atoms in total. The molecule has 0 unspecified atom stereocenters. The summed E-state index contributed by atoms with van der Waals surface area (Å²) >= 11 is 1.40. The number of nitrogens with one attached hydrogen (secondary N) is 1. The van der Waals surface area contributed by atoms with Gasteiger partial charge in [-0.15, -0.1) is 0 Å². The highest BCUT2D eigenvalue weighted by molar-refractivity contribution is 8.00. The lowest BCUT2D eigenvalue weighted by Crippen LogP contribution is -2.35. The zero-order chi connectivity index (χ0) is 23.0. The summed E-state index contributed by atoms with van der Waals surface area (Å²) in [7, 11) is 0. The highest BCUT2D eigenvalue weighted by Gasteiger charge is 2.23. The molecule has 0 bridgehead atoms. The van der Waals surface area contributed by atoms with Crippen molar-refractivity contribution in [3.63, 3.8) is 0 Å². The lowest BCUT2D eigenvalue weighted by Gasteiger charge is -2.33. The van der Waals surface area contributed by atoms with Crippen LogP contribution < -0.4 is 10.2 Å². The molecule has 0 spiro atoms. The van der Waals surface area contributed by atoms with E-state index in [1.807, 2.05) is 0 Å². The number of rotatable bonds is 8. The van der Waals surface area contributed by atoms with Gasteiger partial charge in [0, 0.05) is 36.7 Å². The average molecular weight is 461 g/mol. The number of hydrogen-bond acceptors (Lipinski definition) is 6. The molecule has 1 fully saturated rings. The van der Waals surface area contributed by atoms with Crippen molar-refractivity contribution in [1.82, 2.24) is 9.97 Å². The molecule has 0 saturated carbocycles. The molecule has 1 aliphatic rings. The van der Waals surface area contributed by atoms with E-state index in [-0.39, 0.29) is 17.4 Å². The first kappa shape index (κ1) is 23.0. The van der Waals surface area contributed by atoms with E-state index in [2.05, 4.69) is 50.5 Å². The zero-order valence-corrected chi connectivity index (χ0v) is 19.6. The Morgan fingerprint density at radius 1 is 1.00 bits per heavy atom. The van der Waals surface area contributed by atoms with Gasteiger partial charge in [-0.1, -0.05) is 42.1 Å². The van der Waals surface area contributed by atoms with Crippen molar-refractivity contribution in [3.8, 4) is 0 Å². The number of thioether (sulfide) groups is 1. The average Bonchev–Trinajstić information content (AvgIpc) is 2.84. The largest absolute Gasteiger partial charge is 0.354 e. The molecule has 7 heteroatoms. The molecule has 0 radical (unpaired) electrons. The van der Waals surface area contributed by atoms with Gasteiger partial charge in [-0.05, 0) is 61.9 Å². The predicted molar refractivity (Wildman–Crippen MR) is 133 cm³/mol. The van der Waals surface area contributed by atoms with Gasteiger partial charge >= 0.3 is 0 Å². The molecule has 1 saturated heterocycles. The lowest BCUT2D eigenvalue weighted by atomic mass is 9.90. The molecule has 0 atom stereocenters. The molecule has 170 valence electrons. The minimum Gasteiger partial charge on any atom is -0.354 e. The Morgan fingerprint density at radius 3 is 2.39 bits per heavy atom. The van der Waals surface area contributed by atoms with E-state index in [4.69, 9.17) is 0 Å². The summed E-state index contributed by atoms with van der Waals surface area (Å²) in [5.74, 6) is 1.66. The van der Waals surface area contributed by atoms with Crippen LogP contribution in [-0.2, 0) is 11.2 Å². The first-order chi connectivity index (χ1) is 16.1. The van der Waals surface area contributed by atoms with Crippen molar-refractivity contribution < 1.29 is 9.59 Å². The lowest BCUT2D eigenvalue weighted by molar-refractivity contribution is -0.113. The molecule has 2 heterocycles. The van der Waals surface area contributed by atoms with Crippen molar-refractivity contribution in [1.29, 1.82) is 0 Å². The van der Waals surface area contributed by atoms with Crippen LogP contribution in [0.1, 0.15) is 35.7 Å². The van der Waals surface area contributed by atoms with Crippen LogP contribution in [0, 0.1) is 5.92 Å². The fourth-order valence-electron chi connectivity index (χ4n) is 4.05. The van der Waals surface area contributed by atoms with E-state index in [0.29, 0.717) is 17.2 Å². The number of nitrogens with zero attached hydrogens (tertiary/aromatic N) is 3. The van der Waals surface area contributed by atoms with E-state index >= 15 is 0 Å². The third kappa shape index (κ3) is 6.42. The summed E-state index contributed by atoms with van der Waals surface area (Å²) in [4.78, 5) is 35.2. The molecule has 33 heavy (non-hydrogen) atoms. The van der Waals surface area contributed by atoms with Crippen LogP contribution in [0.4, 0.5) is 11.5 Å². The van der Waals surface area contributed by atoms with Crippen LogP contribution in [0.2, 0.25) is 0 Å². The maximum Gasteiger partial charge on any atom is 0.234 e. The fourth-order valence-corrected chi connectivity index (χ4v) is 4.84. The minimum atomic E-state index is -0.117. The van der Waals surface area contributed by atoms with Crippen molar-refractivity contribution in [3.05, 3.63) is 78.1 Å². The summed E-state index contributed by atoms with van der Waals surface area (Å²) in [6.45, 7) is 3.41. The summed E-state index contributed by atoms with van der Waals surface area (Å²) in [5, 5.41) is 3.65. The second kappa shape index (κ2) is 11.1. The highest BCUT2D eigenvalue weighted by atomic mass is 32.2. The number of benzene rings is 2. The Morgan fingerprint density at radius 2 is 1.70 bits per heavy atom. The molecule has 3 aromatic rings. The SMILES string of the molecule is CC(=O)c1ccc(NC(=O)CSc2nccnc2N2CCC(Cc3ccccc3)CC2)cc1. The zero-order valence-electron chi connectivity index (χ0n) is 18.7. The van der Waals surface area contributed by atoms with E-state index in [9.17, 15) is 9.59 Å². The Hall–Kier alpha value is -3.19. The Bertz CT molecular complexity index is 1080. The van der Waals surface area contributed by atoms with Gasteiger partial charge in [0.1, 0.15) is 5.03 Å². The van der Waals surface area contributed by atoms with Crippen LogP contribution in [-0.4, -0.2) is 40.5 Å². The van der Waals surface area contributed by atoms with Crippen LogP contribution >= 0.6 is 11.8 Å². The first-order valence-corrected chi connectivity index (χ1v) is 12.2. The molecule has 1 amide bonds. The van der Waals surface area contributed by atoms with Gasteiger partial charge in [0.25, 0.3) is 0 Å². The maximum atomic E-state index is 12.4. The molecule has 1 aliphatic heterocycles. The topological polar surface area (TPSA) is 75.2 Å². The number of aromatic nitrogens is 2. The highest BCUT2D eigenvalue weighted by Crippen LogP contribution is 2.30. The normalized spacial score (nSPS) is 14.2. The number of carbonyl (C=O) groups excluding carboxylic acids is 2. The van der Waals surface area contributed by atoms with Gasteiger partial charge in [-0.25, -0.2) is 9.97 Å². The summed E-state index contributed by atoms with van der Waals surface area (Å²) in [6.07, 6.45) is 6.74. The monoisotopic (exact) mass is 460 g/mol. The number of piperidine rings is 1. The summed E-state index contributed by atoms with van der Waals surface area (Å²) in [5.41, 5.74) is 2.69. The van der Waals surface area contributed by atoms with E-state index < -0.39 is 0 Å². The molecule has 1 N–H and O–H groups in total.